The molecule has 1 aliphatic heterocycles. The molecule has 2 aromatic rings. The summed E-state index contributed by atoms with van der Waals surface area (Å²) in [5.74, 6) is 1.21. The summed E-state index contributed by atoms with van der Waals surface area (Å²) in [5.41, 5.74) is 2.25. The smallest absolute Gasteiger partial charge is 0.264 e. The number of phenols is 1. The predicted molar refractivity (Wildman–Crippen MR) is 102 cm³/mol. The van der Waals surface area contributed by atoms with E-state index in [4.69, 9.17) is 0 Å². The van der Waals surface area contributed by atoms with Crippen LogP contribution in [0.1, 0.15) is 33.5 Å². The Morgan fingerprint density at radius 3 is 2.72 bits per heavy atom. The van der Waals surface area contributed by atoms with Crippen LogP contribution in [0.25, 0.3) is 0 Å². The van der Waals surface area contributed by atoms with Gasteiger partial charge in [0.15, 0.2) is 0 Å². The number of nitrogens with zero attached hydrogens (tertiary/aromatic N) is 2. The Balaban J connectivity index is 1.43. The number of aryl methyl sites for hydroxylation is 1. The Morgan fingerprint density at radius 2 is 1.96 bits per heavy atom. The van der Waals surface area contributed by atoms with Crippen LogP contribution in [0, 0.1) is 5.92 Å². The van der Waals surface area contributed by atoms with Crippen LogP contribution in [0.2, 0.25) is 0 Å². The van der Waals surface area contributed by atoms with Crippen molar-refractivity contribution in [3.8, 4) is 5.75 Å². The maximum Gasteiger partial charge on any atom is 0.264 e. The molecule has 1 amide bonds. The molecule has 1 aromatic carbocycles. The van der Waals surface area contributed by atoms with E-state index in [1.807, 2.05) is 23.1 Å². The lowest BCUT2D eigenvalue weighted by molar-refractivity contribution is 0.0751. The number of carbonyl (C=O) groups is 1. The van der Waals surface area contributed by atoms with Crippen LogP contribution in [-0.2, 0) is 12.8 Å². The number of thiophene rings is 1. The number of para-hydroxylation sites is 2. The number of piperazine rings is 1. The molecule has 1 aliphatic carbocycles. The van der Waals surface area contributed by atoms with Crippen LogP contribution in [-0.4, -0.2) is 42.1 Å². The van der Waals surface area contributed by atoms with Gasteiger partial charge in [0.25, 0.3) is 5.91 Å². The van der Waals surface area contributed by atoms with Gasteiger partial charge in [-0.1, -0.05) is 19.1 Å². The number of rotatable bonds is 2. The van der Waals surface area contributed by atoms with E-state index in [-0.39, 0.29) is 5.91 Å². The fourth-order valence-corrected chi connectivity index (χ4v) is 5.03. The van der Waals surface area contributed by atoms with Crippen molar-refractivity contribution in [3.63, 3.8) is 0 Å². The van der Waals surface area contributed by atoms with Crippen LogP contribution in [0.5, 0.6) is 5.75 Å². The molecule has 1 aromatic heterocycles. The number of carbonyl (C=O) groups excluding carboxylic acids is 1. The molecule has 1 N–H and O–H groups in total. The van der Waals surface area contributed by atoms with Gasteiger partial charge in [-0.15, -0.1) is 11.3 Å². The Labute approximate surface area is 152 Å². The summed E-state index contributed by atoms with van der Waals surface area (Å²) in [6.45, 7) is 5.20. The average molecular weight is 356 g/mol. The van der Waals surface area contributed by atoms with E-state index in [1.54, 1.807) is 17.4 Å². The number of amides is 1. The fraction of sp³-hybridized carbons (Fsp3) is 0.450. The van der Waals surface area contributed by atoms with Gasteiger partial charge in [-0.2, -0.15) is 0 Å². The summed E-state index contributed by atoms with van der Waals surface area (Å²) in [4.78, 5) is 19.3. The first-order valence-electron chi connectivity index (χ1n) is 9.05. The Hall–Kier alpha value is -2.01. The van der Waals surface area contributed by atoms with Gasteiger partial charge in [0.2, 0.25) is 0 Å². The second kappa shape index (κ2) is 6.71. The lowest BCUT2D eigenvalue weighted by Crippen LogP contribution is -2.48. The molecule has 132 valence electrons. The molecular weight excluding hydrogens is 332 g/mol. The van der Waals surface area contributed by atoms with Gasteiger partial charge in [-0.05, 0) is 48.9 Å². The Morgan fingerprint density at radius 1 is 1.20 bits per heavy atom. The third-order valence-corrected chi connectivity index (χ3v) is 6.55. The van der Waals surface area contributed by atoms with Gasteiger partial charge in [0.1, 0.15) is 5.75 Å². The number of hydrogen-bond acceptors (Lipinski definition) is 4. The topological polar surface area (TPSA) is 43.8 Å². The predicted octanol–water partition coefficient (Wildman–Crippen LogP) is 3.54. The molecule has 1 unspecified atom stereocenters. The van der Waals surface area contributed by atoms with Crippen LogP contribution in [0.15, 0.2) is 30.3 Å². The molecule has 0 bridgehead atoms. The number of anilines is 1. The van der Waals surface area contributed by atoms with Gasteiger partial charge >= 0.3 is 0 Å². The molecule has 1 atom stereocenters. The molecule has 0 radical (unpaired) electrons. The summed E-state index contributed by atoms with van der Waals surface area (Å²) < 4.78 is 0. The monoisotopic (exact) mass is 356 g/mol. The summed E-state index contributed by atoms with van der Waals surface area (Å²) >= 11 is 1.69. The second-order valence-corrected chi connectivity index (χ2v) is 8.31. The maximum absolute atomic E-state index is 12.9. The first kappa shape index (κ1) is 16.5. The largest absolute Gasteiger partial charge is 0.506 e. The van der Waals surface area contributed by atoms with Gasteiger partial charge in [0.05, 0.1) is 10.6 Å². The Bertz CT molecular complexity index is 778. The SMILES string of the molecule is CC1CCc2sc(C(=O)N3CCN(c4ccccc4O)CC3)cc2C1. The third-order valence-electron chi connectivity index (χ3n) is 5.33. The summed E-state index contributed by atoms with van der Waals surface area (Å²) in [6.07, 6.45) is 3.47. The van der Waals surface area contributed by atoms with E-state index < -0.39 is 0 Å². The van der Waals surface area contributed by atoms with E-state index in [9.17, 15) is 9.90 Å². The highest BCUT2D eigenvalue weighted by atomic mass is 32.1. The van der Waals surface area contributed by atoms with Crippen LogP contribution in [0.3, 0.4) is 0 Å². The number of phenolic OH excluding ortho intramolecular Hbond substituents is 1. The molecule has 5 heteroatoms. The zero-order chi connectivity index (χ0) is 17.4. The first-order valence-corrected chi connectivity index (χ1v) is 9.87. The second-order valence-electron chi connectivity index (χ2n) is 7.17. The lowest BCUT2D eigenvalue weighted by atomic mass is 9.90. The summed E-state index contributed by atoms with van der Waals surface area (Å²) in [7, 11) is 0. The summed E-state index contributed by atoms with van der Waals surface area (Å²) in [6, 6.07) is 9.54. The standard InChI is InChI=1S/C20H24N2O2S/c1-14-6-7-18-15(12-14)13-19(25-18)20(24)22-10-8-21(9-11-22)16-4-2-3-5-17(16)23/h2-5,13-14,23H,6-12H2,1H3. The fourth-order valence-electron chi connectivity index (χ4n) is 3.85. The van der Waals surface area contributed by atoms with E-state index in [2.05, 4.69) is 17.9 Å². The molecule has 2 aliphatic rings. The van der Waals surface area contributed by atoms with Crippen molar-refractivity contribution in [3.05, 3.63) is 45.6 Å². The molecule has 0 spiro atoms. The maximum atomic E-state index is 12.9. The number of benzene rings is 1. The molecule has 2 heterocycles. The normalized spacial score (nSPS) is 20.4. The minimum Gasteiger partial charge on any atom is -0.506 e. The molecular formula is C20H24N2O2S. The minimum atomic E-state index is 0.170. The van der Waals surface area contributed by atoms with Crippen molar-refractivity contribution in [1.29, 1.82) is 0 Å². The van der Waals surface area contributed by atoms with E-state index in [1.165, 1.54) is 16.9 Å². The highest BCUT2D eigenvalue weighted by Crippen LogP contribution is 2.33. The van der Waals surface area contributed by atoms with Crippen molar-refractivity contribution in [1.82, 2.24) is 4.90 Å². The molecule has 1 saturated heterocycles. The molecule has 4 nitrogen and oxygen atoms in total. The third kappa shape index (κ3) is 3.25. The minimum absolute atomic E-state index is 0.170. The number of fused-ring (bicyclic) bond motifs is 1. The highest BCUT2D eigenvalue weighted by molar-refractivity contribution is 7.14. The quantitative estimate of drug-likeness (QED) is 0.895. The van der Waals surface area contributed by atoms with Gasteiger partial charge in [-0.25, -0.2) is 0 Å². The van der Waals surface area contributed by atoms with Crippen molar-refractivity contribution >= 4 is 22.9 Å². The zero-order valence-corrected chi connectivity index (χ0v) is 15.4. The zero-order valence-electron chi connectivity index (χ0n) is 14.6. The van der Waals surface area contributed by atoms with E-state index in [0.717, 1.165) is 42.4 Å². The van der Waals surface area contributed by atoms with Gasteiger partial charge in [-0.3, -0.25) is 4.79 Å². The van der Waals surface area contributed by atoms with E-state index in [0.29, 0.717) is 18.8 Å². The lowest BCUT2D eigenvalue weighted by Gasteiger charge is -2.36. The van der Waals surface area contributed by atoms with Gasteiger partial charge < -0.3 is 14.9 Å². The molecule has 1 fully saturated rings. The van der Waals surface area contributed by atoms with Gasteiger partial charge in [0, 0.05) is 31.1 Å². The van der Waals surface area contributed by atoms with Crippen LogP contribution in [0.4, 0.5) is 5.69 Å². The molecule has 4 rings (SSSR count). The average Bonchev–Trinajstić information content (AvgIpc) is 3.05. The van der Waals surface area contributed by atoms with Crippen molar-refractivity contribution in [2.24, 2.45) is 5.92 Å². The number of hydrogen-bond donors (Lipinski definition) is 1. The van der Waals surface area contributed by atoms with Crippen molar-refractivity contribution in [2.75, 3.05) is 31.1 Å². The van der Waals surface area contributed by atoms with Crippen LogP contribution < -0.4 is 4.90 Å². The Kier molecular flexibility index (Phi) is 4.42. The highest BCUT2D eigenvalue weighted by Gasteiger charge is 2.26. The molecule has 0 saturated carbocycles. The number of aromatic hydroxyl groups is 1. The summed E-state index contributed by atoms with van der Waals surface area (Å²) in [5, 5.41) is 10.0. The van der Waals surface area contributed by atoms with Crippen molar-refractivity contribution in [2.45, 2.75) is 26.2 Å². The van der Waals surface area contributed by atoms with E-state index >= 15 is 0 Å². The van der Waals surface area contributed by atoms with Crippen LogP contribution >= 0.6 is 11.3 Å². The first-order chi connectivity index (χ1) is 12.1. The molecule has 25 heavy (non-hydrogen) atoms. The van der Waals surface area contributed by atoms with Crippen molar-refractivity contribution < 1.29 is 9.90 Å².